The number of thioether (sulfide) groups is 1. The van der Waals surface area contributed by atoms with Gasteiger partial charge in [-0.25, -0.2) is 8.78 Å². The Morgan fingerprint density at radius 1 is 1.22 bits per heavy atom. The molecule has 0 unspecified atom stereocenters. The Balaban J connectivity index is 3.01. The molecular formula is C12H17F2NO2S. The summed E-state index contributed by atoms with van der Waals surface area (Å²) in [6.45, 7) is 0.489. The Labute approximate surface area is 110 Å². The average Bonchev–Trinajstić information content (AvgIpc) is 2.36. The molecule has 0 aromatic heterocycles. The van der Waals surface area contributed by atoms with Crippen LogP contribution in [0.1, 0.15) is 5.56 Å². The summed E-state index contributed by atoms with van der Waals surface area (Å²) in [7, 11) is 3.06. The highest BCUT2D eigenvalue weighted by molar-refractivity contribution is 7.99. The van der Waals surface area contributed by atoms with E-state index >= 15 is 0 Å². The molecule has 0 fully saturated rings. The zero-order valence-electron chi connectivity index (χ0n) is 10.4. The number of benzene rings is 1. The van der Waals surface area contributed by atoms with Crippen molar-refractivity contribution >= 4 is 11.8 Å². The maximum Gasteiger partial charge on any atom is 0.247 e. The van der Waals surface area contributed by atoms with Gasteiger partial charge in [-0.2, -0.15) is 0 Å². The number of alkyl halides is 2. The van der Waals surface area contributed by atoms with Crippen LogP contribution in [0.25, 0.3) is 0 Å². The molecule has 0 atom stereocenters. The molecule has 102 valence electrons. The quantitative estimate of drug-likeness (QED) is 0.778. The van der Waals surface area contributed by atoms with Gasteiger partial charge < -0.3 is 15.2 Å². The van der Waals surface area contributed by atoms with E-state index in [0.29, 0.717) is 29.4 Å². The van der Waals surface area contributed by atoms with Crippen LogP contribution >= 0.6 is 11.8 Å². The minimum absolute atomic E-state index is 0.268. The summed E-state index contributed by atoms with van der Waals surface area (Å²) in [4.78, 5) is 0.649. The van der Waals surface area contributed by atoms with Crippen LogP contribution in [0, 0.1) is 0 Å². The van der Waals surface area contributed by atoms with Crippen LogP contribution in [0.4, 0.5) is 8.78 Å². The van der Waals surface area contributed by atoms with Gasteiger partial charge in [-0.3, -0.25) is 0 Å². The topological polar surface area (TPSA) is 44.5 Å². The summed E-state index contributed by atoms with van der Waals surface area (Å²) in [6.07, 6.45) is -1.70. The molecule has 3 nitrogen and oxygen atoms in total. The van der Waals surface area contributed by atoms with Gasteiger partial charge in [0.15, 0.2) is 0 Å². The molecule has 0 saturated carbocycles. The fourth-order valence-electron chi connectivity index (χ4n) is 1.55. The maximum atomic E-state index is 12.2. The van der Waals surface area contributed by atoms with Gasteiger partial charge >= 0.3 is 0 Å². The lowest BCUT2D eigenvalue weighted by Crippen LogP contribution is -2.05. The third-order valence-corrected chi connectivity index (χ3v) is 3.39. The van der Waals surface area contributed by atoms with E-state index in [9.17, 15) is 8.78 Å². The molecule has 2 N–H and O–H groups in total. The van der Waals surface area contributed by atoms with Crippen LogP contribution in [0.3, 0.4) is 0 Å². The van der Waals surface area contributed by atoms with Gasteiger partial charge in [0.1, 0.15) is 11.5 Å². The summed E-state index contributed by atoms with van der Waals surface area (Å²) in [5.74, 6) is 0.957. The lowest BCUT2D eigenvalue weighted by atomic mass is 10.1. The van der Waals surface area contributed by atoms with E-state index in [1.165, 1.54) is 7.11 Å². The Kier molecular flexibility index (Phi) is 6.21. The molecule has 1 aromatic rings. The highest BCUT2D eigenvalue weighted by Crippen LogP contribution is 2.36. The Morgan fingerprint density at radius 3 is 2.39 bits per heavy atom. The predicted octanol–water partition coefficient (Wildman–Crippen LogP) is 2.56. The molecule has 0 aliphatic rings. The van der Waals surface area contributed by atoms with Crippen molar-refractivity contribution in [3.63, 3.8) is 0 Å². The van der Waals surface area contributed by atoms with Gasteiger partial charge in [-0.05, 0) is 30.7 Å². The molecule has 0 aliphatic carbocycles. The zero-order valence-corrected chi connectivity index (χ0v) is 11.2. The minimum Gasteiger partial charge on any atom is -0.496 e. The lowest BCUT2D eigenvalue weighted by Gasteiger charge is -2.14. The van der Waals surface area contributed by atoms with E-state index < -0.39 is 6.43 Å². The van der Waals surface area contributed by atoms with Gasteiger partial charge in [0.05, 0.1) is 24.9 Å². The fourth-order valence-corrected chi connectivity index (χ4v) is 2.33. The molecule has 1 aromatic carbocycles. The number of methoxy groups -OCH3 is 2. The molecular weight excluding hydrogens is 260 g/mol. The van der Waals surface area contributed by atoms with E-state index in [4.69, 9.17) is 15.2 Å². The summed E-state index contributed by atoms with van der Waals surface area (Å²) in [5.41, 5.74) is 6.43. The van der Waals surface area contributed by atoms with Crippen LogP contribution in [0.15, 0.2) is 17.0 Å². The third-order valence-electron chi connectivity index (χ3n) is 2.35. The summed E-state index contributed by atoms with van der Waals surface area (Å²) in [6, 6.07) is 3.51. The molecule has 1 rings (SSSR count). The first-order valence-corrected chi connectivity index (χ1v) is 6.46. The second-order valence-electron chi connectivity index (χ2n) is 3.56. The van der Waals surface area contributed by atoms with Crippen LogP contribution in [0.5, 0.6) is 11.5 Å². The number of hydrogen-bond donors (Lipinski definition) is 1. The summed E-state index contributed by atoms with van der Waals surface area (Å²) in [5, 5.41) is 0. The first-order valence-electron chi connectivity index (χ1n) is 5.48. The highest BCUT2D eigenvalue weighted by Gasteiger charge is 2.13. The second-order valence-corrected chi connectivity index (χ2v) is 4.62. The van der Waals surface area contributed by atoms with Crippen LogP contribution in [0.2, 0.25) is 0 Å². The van der Waals surface area contributed by atoms with E-state index in [-0.39, 0.29) is 5.75 Å². The van der Waals surface area contributed by atoms with E-state index in [1.54, 1.807) is 19.2 Å². The van der Waals surface area contributed by atoms with Gasteiger partial charge in [-0.1, -0.05) is 0 Å². The number of halogens is 2. The fraction of sp³-hybridized carbons (Fsp3) is 0.500. The van der Waals surface area contributed by atoms with E-state index in [0.717, 1.165) is 17.3 Å². The normalized spacial score (nSPS) is 10.8. The number of rotatable bonds is 7. The monoisotopic (exact) mass is 277 g/mol. The van der Waals surface area contributed by atoms with Gasteiger partial charge in [0.2, 0.25) is 6.43 Å². The van der Waals surface area contributed by atoms with Crippen molar-refractivity contribution in [1.29, 1.82) is 0 Å². The first-order chi connectivity index (χ1) is 8.62. The predicted molar refractivity (Wildman–Crippen MR) is 69.0 cm³/mol. The van der Waals surface area contributed by atoms with Crippen molar-refractivity contribution in [2.24, 2.45) is 5.73 Å². The number of nitrogens with two attached hydrogens (primary N) is 1. The lowest BCUT2D eigenvalue weighted by molar-refractivity contribution is 0.177. The molecule has 18 heavy (non-hydrogen) atoms. The number of hydrogen-bond acceptors (Lipinski definition) is 4. The smallest absolute Gasteiger partial charge is 0.247 e. The highest BCUT2D eigenvalue weighted by atomic mass is 32.2. The van der Waals surface area contributed by atoms with Crippen molar-refractivity contribution < 1.29 is 18.3 Å². The van der Waals surface area contributed by atoms with Crippen LogP contribution in [-0.2, 0) is 6.42 Å². The molecule has 0 radical (unpaired) electrons. The van der Waals surface area contributed by atoms with Gasteiger partial charge in [0.25, 0.3) is 0 Å². The van der Waals surface area contributed by atoms with Crippen molar-refractivity contribution in [2.45, 2.75) is 17.7 Å². The van der Waals surface area contributed by atoms with Crippen molar-refractivity contribution in [3.05, 3.63) is 17.7 Å². The number of ether oxygens (including phenoxy) is 2. The molecule has 0 spiro atoms. The largest absolute Gasteiger partial charge is 0.496 e. The standard InChI is InChI=1S/C12H17F2NO2S/c1-16-9-6-11(18-7-12(13)14)10(17-2)5-8(9)3-4-15/h5-6,12H,3-4,7,15H2,1-2H3. The first kappa shape index (κ1) is 15.0. The van der Waals surface area contributed by atoms with Crippen LogP contribution < -0.4 is 15.2 Å². The summed E-state index contributed by atoms with van der Waals surface area (Å²) >= 11 is 1.05. The minimum atomic E-state index is -2.35. The van der Waals surface area contributed by atoms with Gasteiger partial charge in [-0.15, -0.1) is 11.8 Å². The average molecular weight is 277 g/mol. The maximum absolute atomic E-state index is 12.2. The van der Waals surface area contributed by atoms with Crippen molar-refractivity contribution in [2.75, 3.05) is 26.5 Å². The molecule has 0 aliphatic heterocycles. The van der Waals surface area contributed by atoms with Crippen molar-refractivity contribution in [3.8, 4) is 11.5 Å². The Bertz CT molecular complexity index is 389. The van der Waals surface area contributed by atoms with Gasteiger partial charge in [0, 0.05) is 0 Å². The SMILES string of the molecule is COc1cc(SCC(F)F)c(OC)cc1CCN. The zero-order chi connectivity index (χ0) is 13.5. The summed E-state index contributed by atoms with van der Waals surface area (Å²) < 4.78 is 34.9. The van der Waals surface area contributed by atoms with E-state index in [1.807, 2.05) is 0 Å². The Morgan fingerprint density at radius 2 is 1.89 bits per heavy atom. The van der Waals surface area contributed by atoms with Crippen LogP contribution in [-0.4, -0.2) is 32.9 Å². The molecule has 6 heteroatoms. The molecule has 0 heterocycles. The second kappa shape index (κ2) is 7.43. The Hall–Kier alpha value is -1.01. The molecule has 0 bridgehead atoms. The van der Waals surface area contributed by atoms with Crippen molar-refractivity contribution in [1.82, 2.24) is 0 Å². The van der Waals surface area contributed by atoms with E-state index in [2.05, 4.69) is 0 Å². The third kappa shape index (κ3) is 4.03. The molecule has 0 saturated heterocycles. The molecule has 0 amide bonds.